The van der Waals surface area contributed by atoms with Crippen molar-refractivity contribution in [3.05, 3.63) is 0 Å². The van der Waals surface area contributed by atoms with E-state index in [0.29, 0.717) is 0 Å². The molecule has 9 nitrogen and oxygen atoms in total. The van der Waals surface area contributed by atoms with E-state index in [1.807, 2.05) is 0 Å². The second-order valence-electron chi connectivity index (χ2n) is 2.37. The van der Waals surface area contributed by atoms with Crippen LogP contribution in [0.1, 0.15) is 0 Å². The molecule has 4 atom stereocenters. The van der Waals surface area contributed by atoms with Gasteiger partial charge in [0.05, 0.1) is 5.97 Å². The van der Waals surface area contributed by atoms with Crippen LogP contribution in [0.5, 0.6) is 0 Å². The molecule has 0 aromatic heterocycles. The van der Waals surface area contributed by atoms with Crippen LogP contribution in [0.2, 0.25) is 0 Å². The molecule has 0 saturated heterocycles. The van der Waals surface area contributed by atoms with Crippen LogP contribution >= 0.6 is 0 Å². The summed E-state index contributed by atoms with van der Waals surface area (Å²) in [6.45, 7) is 0. The number of aldehydes is 1. The van der Waals surface area contributed by atoms with Crippen molar-refractivity contribution in [3.8, 4) is 0 Å². The molecule has 0 heterocycles. The number of carboxylic acid groups (broad SMARTS) is 1. The number of aliphatic hydroxyl groups excluding tert-OH is 4. The van der Waals surface area contributed by atoms with Crippen LogP contribution in [0.15, 0.2) is 0 Å². The molecule has 0 aromatic rings. The first-order chi connectivity index (χ1) is 5.91. The third-order valence-electron chi connectivity index (χ3n) is 1.40. The van der Waals surface area contributed by atoms with E-state index in [4.69, 9.17) is 20.4 Å². The van der Waals surface area contributed by atoms with Gasteiger partial charge in [0.2, 0.25) is 0 Å². The molecule has 0 aromatic carbocycles. The molecule has 0 aliphatic carbocycles. The molecule has 0 unspecified atom stereocenters. The van der Waals surface area contributed by atoms with Crippen LogP contribution in [0.4, 0.5) is 0 Å². The van der Waals surface area contributed by atoms with Gasteiger partial charge in [0.15, 0.2) is 6.29 Å². The number of aliphatic hydroxyl groups is 4. The van der Waals surface area contributed by atoms with Gasteiger partial charge in [-0.1, -0.05) is 0 Å². The molecule has 0 radical (unpaired) electrons. The zero-order valence-corrected chi connectivity index (χ0v) is 11.5. The molecule has 0 fully saturated rings. The first-order valence-corrected chi connectivity index (χ1v) is 3.30. The molecule has 0 saturated carbocycles. The van der Waals surface area contributed by atoms with E-state index in [0.717, 1.165) is 0 Å². The first kappa shape index (κ1) is 25.4. The fraction of sp³-hybridized carbons (Fsp3) is 0.667. The van der Waals surface area contributed by atoms with Gasteiger partial charge < -0.3 is 46.1 Å². The normalized spacial score (nSPS) is 16.2. The summed E-state index contributed by atoms with van der Waals surface area (Å²) in [4.78, 5) is 19.8. The molecule has 92 valence electrons. The van der Waals surface area contributed by atoms with Gasteiger partial charge in [-0.15, -0.1) is 0 Å². The smallest absolute Gasteiger partial charge is 0.547 e. The maximum Gasteiger partial charge on any atom is 1.00 e. The van der Waals surface area contributed by atoms with E-state index in [2.05, 4.69) is 0 Å². The SMILES string of the molecule is O.O.O=C[C@H](O)[C@@H](O)[C@H](O)[C@H](O)C(=O)[O-].[K+]. The van der Waals surface area contributed by atoms with Crippen LogP contribution in [-0.4, -0.2) is 68.0 Å². The topological polar surface area (TPSA) is 201 Å². The summed E-state index contributed by atoms with van der Waals surface area (Å²) < 4.78 is 0. The van der Waals surface area contributed by atoms with Crippen LogP contribution in [0.3, 0.4) is 0 Å². The van der Waals surface area contributed by atoms with Crippen LogP contribution in [0.25, 0.3) is 0 Å². The Kier molecular flexibility index (Phi) is 19.1. The van der Waals surface area contributed by atoms with Gasteiger partial charge in [-0.25, -0.2) is 0 Å². The zero-order chi connectivity index (χ0) is 10.6. The quantitative estimate of drug-likeness (QED) is 0.280. The van der Waals surface area contributed by atoms with E-state index in [1.165, 1.54) is 0 Å². The summed E-state index contributed by atoms with van der Waals surface area (Å²) in [7, 11) is 0. The Hall–Kier alpha value is 0.536. The number of carboxylic acids is 1. The van der Waals surface area contributed by atoms with Crippen molar-refractivity contribution < 1.29 is 97.5 Å². The Morgan fingerprint density at radius 2 is 1.44 bits per heavy atom. The van der Waals surface area contributed by atoms with Crippen LogP contribution in [-0.2, 0) is 9.59 Å². The molecular formula is C6H13KO9. The van der Waals surface area contributed by atoms with Crippen molar-refractivity contribution in [1.82, 2.24) is 0 Å². The first-order valence-electron chi connectivity index (χ1n) is 3.30. The standard InChI is InChI=1S/C6H10O7.K.2H2O/c7-1-2(8)3(9)4(10)5(11)6(12)13;;;/h1-5,8-11H,(H,12,13);;2*1H2/q;+1;;/p-1/t2-,3+,4-,5-;;;/m0.../s1. The second kappa shape index (κ2) is 12.0. The third-order valence-corrected chi connectivity index (χ3v) is 1.40. The van der Waals surface area contributed by atoms with Gasteiger partial charge in [-0.3, -0.25) is 0 Å². The molecule has 0 aliphatic heterocycles. The minimum Gasteiger partial charge on any atom is -0.547 e. The van der Waals surface area contributed by atoms with Gasteiger partial charge in [-0.2, -0.15) is 0 Å². The Morgan fingerprint density at radius 1 is 1.06 bits per heavy atom. The summed E-state index contributed by atoms with van der Waals surface area (Å²) in [6.07, 6.45) is -8.65. The summed E-state index contributed by atoms with van der Waals surface area (Å²) in [5.74, 6) is -2.01. The number of carbonyl (C=O) groups excluding carboxylic acids is 2. The molecule has 8 N–H and O–H groups in total. The molecule has 16 heavy (non-hydrogen) atoms. The van der Waals surface area contributed by atoms with Gasteiger partial charge in [0, 0.05) is 0 Å². The van der Waals surface area contributed by atoms with E-state index < -0.39 is 30.4 Å². The minimum absolute atomic E-state index is 0. The van der Waals surface area contributed by atoms with Gasteiger partial charge >= 0.3 is 51.4 Å². The van der Waals surface area contributed by atoms with Crippen molar-refractivity contribution in [2.75, 3.05) is 0 Å². The van der Waals surface area contributed by atoms with E-state index >= 15 is 0 Å². The molecule has 0 amide bonds. The Labute approximate surface area is 133 Å². The van der Waals surface area contributed by atoms with E-state index in [1.54, 1.807) is 0 Å². The molecular weight excluding hydrogens is 255 g/mol. The van der Waals surface area contributed by atoms with Crippen molar-refractivity contribution >= 4 is 12.3 Å². The fourth-order valence-corrected chi connectivity index (χ4v) is 0.609. The Bertz CT molecular complexity index is 198. The number of carbonyl (C=O) groups is 2. The number of hydrogen-bond donors (Lipinski definition) is 4. The van der Waals surface area contributed by atoms with Gasteiger partial charge in [-0.05, 0) is 0 Å². The van der Waals surface area contributed by atoms with Gasteiger partial charge in [0.25, 0.3) is 0 Å². The Balaban J connectivity index is -0.000000240. The number of rotatable bonds is 5. The maximum atomic E-state index is 9.95. The monoisotopic (exact) mass is 268 g/mol. The fourth-order valence-electron chi connectivity index (χ4n) is 0.609. The van der Waals surface area contributed by atoms with E-state index in [-0.39, 0.29) is 68.6 Å². The van der Waals surface area contributed by atoms with Crippen LogP contribution in [0, 0.1) is 0 Å². The predicted octanol–water partition coefficient (Wildman–Crippen LogP) is -9.27. The summed E-state index contributed by atoms with van der Waals surface area (Å²) in [6, 6.07) is 0. The zero-order valence-electron chi connectivity index (χ0n) is 8.40. The Morgan fingerprint density at radius 3 is 1.69 bits per heavy atom. The van der Waals surface area contributed by atoms with Crippen molar-refractivity contribution in [2.45, 2.75) is 24.4 Å². The van der Waals surface area contributed by atoms with Gasteiger partial charge in [0.1, 0.15) is 24.4 Å². The number of aliphatic carboxylic acids is 1. The van der Waals surface area contributed by atoms with Crippen LogP contribution < -0.4 is 56.5 Å². The molecule has 0 rings (SSSR count). The largest absolute Gasteiger partial charge is 1.00 e. The molecule has 0 bridgehead atoms. The van der Waals surface area contributed by atoms with Crippen molar-refractivity contribution in [1.29, 1.82) is 0 Å². The summed E-state index contributed by atoms with van der Waals surface area (Å²) in [5.41, 5.74) is 0. The molecule has 0 aliphatic rings. The molecule has 10 heteroatoms. The third kappa shape index (κ3) is 7.75. The van der Waals surface area contributed by atoms with E-state index in [9.17, 15) is 14.7 Å². The second-order valence-corrected chi connectivity index (χ2v) is 2.37. The number of hydrogen-bond acceptors (Lipinski definition) is 7. The maximum absolute atomic E-state index is 9.95. The summed E-state index contributed by atoms with van der Waals surface area (Å²) in [5, 5.41) is 44.8. The van der Waals surface area contributed by atoms with Crippen molar-refractivity contribution in [2.24, 2.45) is 0 Å². The summed E-state index contributed by atoms with van der Waals surface area (Å²) >= 11 is 0. The average molecular weight is 268 g/mol. The molecule has 0 spiro atoms. The average Bonchev–Trinajstić information content (AvgIpc) is 2.12. The minimum atomic E-state index is -2.36. The predicted molar refractivity (Wildman–Crippen MR) is 42.3 cm³/mol. The van der Waals surface area contributed by atoms with Crippen molar-refractivity contribution in [3.63, 3.8) is 0 Å².